The molecule has 0 aliphatic carbocycles. The minimum atomic E-state index is -0.560. The Morgan fingerprint density at radius 1 is 1.27 bits per heavy atom. The maximum atomic E-state index is 13.4. The molecule has 2 fully saturated rings. The second kappa shape index (κ2) is 8.58. The zero-order chi connectivity index (χ0) is 21.1. The summed E-state index contributed by atoms with van der Waals surface area (Å²) in [5.41, 5.74) is 1.03. The molecule has 2 saturated heterocycles. The fourth-order valence-corrected chi connectivity index (χ4v) is 3.94. The van der Waals surface area contributed by atoms with Crippen LogP contribution in [0.1, 0.15) is 18.4 Å². The van der Waals surface area contributed by atoms with Crippen molar-refractivity contribution in [3.63, 3.8) is 0 Å². The van der Waals surface area contributed by atoms with Gasteiger partial charge in [0.05, 0.1) is 12.6 Å². The molecule has 8 nitrogen and oxygen atoms in total. The molecule has 4 amide bonds. The summed E-state index contributed by atoms with van der Waals surface area (Å²) in [4.78, 5) is 45.4. The van der Waals surface area contributed by atoms with Crippen LogP contribution >= 0.6 is 0 Å². The van der Waals surface area contributed by atoms with Gasteiger partial charge in [0.1, 0.15) is 18.4 Å². The van der Waals surface area contributed by atoms with Gasteiger partial charge in [-0.1, -0.05) is 12.1 Å². The summed E-state index contributed by atoms with van der Waals surface area (Å²) < 4.78 is 13.4. The Balaban J connectivity index is 1.54. The van der Waals surface area contributed by atoms with E-state index in [2.05, 4.69) is 15.6 Å². The normalized spacial score (nSPS) is 21.4. The maximum absolute atomic E-state index is 13.4. The molecule has 3 heterocycles. The van der Waals surface area contributed by atoms with E-state index in [4.69, 9.17) is 0 Å². The number of amides is 4. The number of aromatic nitrogens is 1. The number of urea groups is 1. The number of carbonyl (C=O) groups is 3. The fourth-order valence-electron chi connectivity index (χ4n) is 3.94. The number of carbonyl (C=O) groups excluding carboxylic acids is 3. The highest BCUT2D eigenvalue weighted by Gasteiger charge is 2.47. The molecule has 0 radical (unpaired) electrons. The zero-order valence-corrected chi connectivity index (χ0v) is 16.3. The first-order valence-corrected chi connectivity index (χ1v) is 9.82. The first kappa shape index (κ1) is 20.0. The van der Waals surface area contributed by atoms with Gasteiger partial charge in [0, 0.05) is 18.1 Å². The van der Waals surface area contributed by atoms with E-state index in [1.165, 1.54) is 23.1 Å². The molecule has 9 heteroatoms. The summed E-state index contributed by atoms with van der Waals surface area (Å²) in [5.74, 6) is -1.21. The van der Waals surface area contributed by atoms with Crippen LogP contribution in [-0.2, 0) is 16.1 Å². The second-order valence-corrected chi connectivity index (χ2v) is 7.40. The lowest BCUT2D eigenvalue weighted by atomic mass is 9.93. The summed E-state index contributed by atoms with van der Waals surface area (Å²) in [6, 6.07) is 7.60. The van der Waals surface area contributed by atoms with Gasteiger partial charge in [-0.3, -0.25) is 19.5 Å². The number of imide groups is 1. The summed E-state index contributed by atoms with van der Waals surface area (Å²) >= 11 is 0. The molecule has 156 valence electrons. The smallest absolute Gasteiger partial charge is 0.324 e. The van der Waals surface area contributed by atoms with Crippen LogP contribution in [0.25, 0.3) is 0 Å². The number of halogens is 1. The number of hydrogen-bond donors (Lipinski definition) is 2. The van der Waals surface area contributed by atoms with E-state index in [1.807, 2.05) is 0 Å². The number of pyridine rings is 1. The van der Waals surface area contributed by atoms with Gasteiger partial charge in [-0.15, -0.1) is 0 Å². The summed E-state index contributed by atoms with van der Waals surface area (Å²) in [6.45, 7) is 0.526. The van der Waals surface area contributed by atoms with Crippen molar-refractivity contribution in [2.75, 3.05) is 18.4 Å². The van der Waals surface area contributed by atoms with Crippen molar-refractivity contribution in [1.29, 1.82) is 0 Å². The molecule has 2 atom stereocenters. The number of nitrogens with one attached hydrogen (secondary N) is 2. The van der Waals surface area contributed by atoms with Crippen LogP contribution in [0.2, 0.25) is 0 Å². The van der Waals surface area contributed by atoms with Crippen molar-refractivity contribution >= 4 is 23.5 Å². The molecule has 0 bridgehead atoms. The molecule has 2 aromatic rings. The van der Waals surface area contributed by atoms with Gasteiger partial charge in [-0.2, -0.15) is 0 Å². The van der Waals surface area contributed by atoms with Crippen LogP contribution in [0.15, 0.2) is 48.8 Å². The Morgan fingerprint density at radius 2 is 2.13 bits per heavy atom. The van der Waals surface area contributed by atoms with Crippen molar-refractivity contribution in [2.24, 2.45) is 0 Å². The predicted octanol–water partition coefficient (Wildman–Crippen LogP) is 1.74. The number of piperidine rings is 1. The standard InChI is InChI=1S/C21H22FN5O3/c22-15-5-1-6-16(10-15)25-18(28)13-26-17-7-3-9-24-19(17)20(29)27(21(26)30)12-14-4-2-8-23-11-14/h1-2,4-6,8,10-11,17,19,24H,3,7,9,12-13H2,(H,25,28). The van der Waals surface area contributed by atoms with Crippen molar-refractivity contribution in [3.05, 3.63) is 60.2 Å². The van der Waals surface area contributed by atoms with Crippen LogP contribution < -0.4 is 10.6 Å². The highest BCUT2D eigenvalue weighted by atomic mass is 19.1. The maximum Gasteiger partial charge on any atom is 0.327 e. The van der Waals surface area contributed by atoms with Crippen LogP contribution in [0.5, 0.6) is 0 Å². The van der Waals surface area contributed by atoms with Gasteiger partial charge in [-0.25, -0.2) is 9.18 Å². The summed E-state index contributed by atoms with van der Waals surface area (Å²) in [6.07, 6.45) is 4.64. The lowest BCUT2D eigenvalue weighted by molar-refractivity contribution is -0.138. The first-order chi connectivity index (χ1) is 14.5. The molecule has 1 aromatic carbocycles. The minimum absolute atomic E-state index is 0.0818. The van der Waals surface area contributed by atoms with Gasteiger partial charge in [0.2, 0.25) is 11.8 Å². The van der Waals surface area contributed by atoms with Gasteiger partial charge >= 0.3 is 6.03 Å². The van der Waals surface area contributed by atoms with E-state index in [0.717, 1.165) is 16.9 Å². The molecule has 2 N–H and O–H groups in total. The molecule has 1 aromatic heterocycles. The second-order valence-electron chi connectivity index (χ2n) is 7.40. The first-order valence-electron chi connectivity index (χ1n) is 9.82. The third-order valence-electron chi connectivity index (χ3n) is 5.32. The van der Waals surface area contributed by atoms with Crippen LogP contribution in [0, 0.1) is 5.82 Å². The average molecular weight is 411 g/mol. The van der Waals surface area contributed by atoms with Gasteiger partial charge in [0.25, 0.3) is 0 Å². The third-order valence-corrected chi connectivity index (χ3v) is 5.32. The monoisotopic (exact) mass is 411 g/mol. The molecule has 0 spiro atoms. The van der Waals surface area contributed by atoms with E-state index >= 15 is 0 Å². The van der Waals surface area contributed by atoms with Gasteiger partial charge < -0.3 is 15.5 Å². The Labute approximate surface area is 173 Å². The van der Waals surface area contributed by atoms with Crippen molar-refractivity contribution in [3.8, 4) is 0 Å². The zero-order valence-electron chi connectivity index (χ0n) is 16.3. The topological polar surface area (TPSA) is 94.6 Å². The van der Waals surface area contributed by atoms with Crippen molar-refractivity contribution in [1.82, 2.24) is 20.1 Å². The van der Waals surface area contributed by atoms with E-state index < -0.39 is 29.8 Å². The van der Waals surface area contributed by atoms with Gasteiger partial charge in [-0.05, 0) is 49.2 Å². The summed E-state index contributed by atoms with van der Waals surface area (Å²) in [7, 11) is 0. The fraction of sp³-hybridized carbons (Fsp3) is 0.333. The highest BCUT2D eigenvalue weighted by molar-refractivity contribution is 6.02. The number of anilines is 1. The SMILES string of the molecule is O=C(CN1C(=O)N(Cc2cccnc2)C(=O)C2NCCCC21)Nc1cccc(F)c1. The van der Waals surface area contributed by atoms with E-state index in [9.17, 15) is 18.8 Å². The molecule has 0 saturated carbocycles. The third kappa shape index (κ3) is 4.16. The van der Waals surface area contributed by atoms with Crippen LogP contribution in [-0.4, -0.2) is 57.8 Å². The lowest BCUT2D eigenvalue weighted by Crippen LogP contribution is -2.70. The lowest BCUT2D eigenvalue weighted by Gasteiger charge is -2.46. The molecular weight excluding hydrogens is 389 g/mol. The summed E-state index contributed by atoms with van der Waals surface area (Å²) in [5, 5.41) is 5.80. The molecule has 2 aliphatic rings. The molecule has 30 heavy (non-hydrogen) atoms. The average Bonchev–Trinajstić information content (AvgIpc) is 2.75. The van der Waals surface area contributed by atoms with Gasteiger partial charge in [0.15, 0.2) is 0 Å². The number of hydrogen-bond acceptors (Lipinski definition) is 5. The highest BCUT2D eigenvalue weighted by Crippen LogP contribution is 2.26. The predicted molar refractivity (Wildman–Crippen MR) is 107 cm³/mol. The number of nitrogens with zero attached hydrogens (tertiary/aromatic N) is 3. The van der Waals surface area contributed by atoms with Crippen molar-refractivity contribution < 1.29 is 18.8 Å². The Bertz CT molecular complexity index is 955. The quantitative estimate of drug-likeness (QED) is 0.782. The largest absolute Gasteiger partial charge is 0.327 e. The van der Waals surface area contributed by atoms with Crippen molar-refractivity contribution in [2.45, 2.75) is 31.5 Å². The van der Waals surface area contributed by atoms with Crippen LogP contribution in [0.4, 0.5) is 14.9 Å². The Morgan fingerprint density at radius 3 is 2.90 bits per heavy atom. The number of benzene rings is 1. The Kier molecular flexibility index (Phi) is 5.71. The molecule has 2 unspecified atom stereocenters. The number of fused-ring (bicyclic) bond motifs is 1. The minimum Gasteiger partial charge on any atom is -0.324 e. The van der Waals surface area contributed by atoms with E-state index in [-0.39, 0.29) is 19.0 Å². The molecule has 4 rings (SSSR count). The van der Waals surface area contributed by atoms with Crippen LogP contribution in [0.3, 0.4) is 0 Å². The molecular formula is C21H22FN5O3. The van der Waals surface area contributed by atoms with E-state index in [1.54, 1.807) is 30.6 Å². The molecule has 2 aliphatic heterocycles. The Hall–Kier alpha value is -3.33. The van der Waals surface area contributed by atoms with E-state index in [0.29, 0.717) is 18.7 Å². The number of rotatable bonds is 5.